The highest BCUT2D eigenvalue weighted by Crippen LogP contribution is 2.38. The van der Waals surface area contributed by atoms with Crippen molar-refractivity contribution in [3.63, 3.8) is 0 Å². The van der Waals surface area contributed by atoms with Gasteiger partial charge in [-0.05, 0) is 29.7 Å². The van der Waals surface area contributed by atoms with Crippen molar-refractivity contribution in [1.82, 2.24) is 0 Å². The predicted molar refractivity (Wildman–Crippen MR) is 128 cm³/mol. The van der Waals surface area contributed by atoms with Crippen LogP contribution >= 0.6 is 27.5 Å². The smallest absolute Gasteiger partial charge is 0.167 e. The van der Waals surface area contributed by atoms with Crippen LogP contribution in [0, 0.1) is 0 Å². The first kappa shape index (κ1) is 20.6. The van der Waals surface area contributed by atoms with E-state index in [0.717, 1.165) is 21.3 Å². The number of hydrogen-bond donors (Lipinski definition) is 1. The number of hydrogen-bond acceptors (Lipinski definition) is 3. The quantitative estimate of drug-likeness (QED) is 0.296. The Morgan fingerprint density at radius 3 is 2.50 bits per heavy atom. The van der Waals surface area contributed by atoms with Crippen molar-refractivity contribution in [3.8, 4) is 11.5 Å². The van der Waals surface area contributed by atoms with Gasteiger partial charge in [0.2, 0.25) is 0 Å². The summed E-state index contributed by atoms with van der Waals surface area (Å²) in [4.78, 5) is 0. The number of anilines is 1. The molecular formula is C25H21BrClNO2. The minimum absolute atomic E-state index is 0.355. The molecular weight excluding hydrogens is 462 g/mol. The van der Waals surface area contributed by atoms with Gasteiger partial charge < -0.3 is 14.8 Å². The van der Waals surface area contributed by atoms with Gasteiger partial charge in [0.05, 0.1) is 7.11 Å². The van der Waals surface area contributed by atoms with Crippen molar-refractivity contribution in [2.45, 2.75) is 13.2 Å². The van der Waals surface area contributed by atoms with Crippen LogP contribution in [-0.2, 0) is 13.2 Å². The monoisotopic (exact) mass is 481 g/mol. The molecule has 0 aliphatic heterocycles. The van der Waals surface area contributed by atoms with Gasteiger partial charge in [-0.1, -0.05) is 82.1 Å². The van der Waals surface area contributed by atoms with Crippen LogP contribution in [0.25, 0.3) is 10.8 Å². The van der Waals surface area contributed by atoms with Crippen LogP contribution < -0.4 is 14.8 Å². The van der Waals surface area contributed by atoms with Gasteiger partial charge in [0.1, 0.15) is 6.61 Å². The summed E-state index contributed by atoms with van der Waals surface area (Å²) in [6.45, 7) is 0.928. The Bertz CT molecular complexity index is 1170. The molecule has 152 valence electrons. The lowest BCUT2D eigenvalue weighted by atomic mass is 10.1. The first-order valence-electron chi connectivity index (χ1n) is 9.60. The zero-order valence-corrected chi connectivity index (χ0v) is 18.8. The van der Waals surface area contributed by atoms with Crippen molar-refractivity contribution in [2.75, 3.05) is 12.4 Å². The third kappa shape index (κ3) is 4.40. The summed E-state index contributed by atoms with van der Waals surface area (Å²) in [6.07, 6.45) is 0. The van der Waals surface area contributed by atoms with Crippen molar-refractivity contribution >= 4 is 44.0 Å². The third-order valence-corrected chi connectivity index (χ3v) is 6.07. The number of benzene rings is 4. The van der Waals surface area contributed by atoms with Crippen molar-refractivity contribution < 1.29 is 9.47 Å². The zero-order chi connectivity index (χ0) is 20.9. The summed E-state index contributed by atoms with van der Waals surface area (Å²) >= 11 is 9.97. The van der Waals surface area contributed by atoms with Gasteiger partial charge >= 0.3 is 0 Å². The maximum atomic E-state index is 6.30. The van der Waals surface area contributed by atoms with Crippen LogP contribution in [0.2, 0.25) is 5.02 Å². The number of rotatable bonds is 7. The average molecular weight is 483 g/mol. The molecule has 30 heavy (non-hydrogen) atoms. The largest absolute Gasteiger partial charge is 0.493 e. The minimum atomic E-state index is 0.355. The second kappa shape index (κ2) is 9.41. The molecule has 0 saturated heterocycles. The Morgan fingerprint density at radius 2 is 1.67 bits per heavy atom. The first-order chi connectivity index (χ1) is 14.7. The number of methoxy groups -OCH3 is 1. The molecule has 0 atom stereocenters. The fourth-order valence-corrected chi connectivity index (χ4v) is 4.04. The van der Waals surface area contributed by atoms with E-state index in [-0.39, 0.29) is 0 Å². The first-order valence-corrected chi connectivity index (χ1v) is 10.8. The average Bonchev–Trinajstić information content (AvgIpc) is 2.78. The molecule has 0 saturated carbocycles. The van der Waals surface area contributed by atoms with E-state index in [4.69, 9.17) is 21.1 Å². The van der Waals surface area contributed by atoms with Crippen LogP contribution in [0.5, 0.6) is 11.5 Å². The van der Waals surface area contributed by atoms with E-state index in [0.29, 0.717) is 29.7 Å². The van der Waals surface area contributed by atoms with E-state index in [1.807, 2.05) is 48.5 Å². The highest BCUT2D eigenvalue weighted by Gasteiger charge is 2.16. The highest BCUT2D eigenvalue weighted by molar-refractivity contribution is 9.10. The molecule has 0 bridgehead atoms. The Balaban J connectivity index is 1.63. The molecule has 5 heteroatoms. The van der Waals surface area contributed by atoms with Crippen molar-refractivity contribution in [1.29, 1.82) is 0 Å². The van der Waals surface area contributed by atoms with Gasteiger partial charge in [-0.3, -0.25) is 0 Å². The maximum Gasteiger partial charge on any atom is 0.167 e. The van der Waals surface area contributed by atoms with Crippen LogP contribution in [0.4, 0.5) is 5.69 Å². The number of nitrogens with one attached hydrogen (secondary N) is 1. The van der Waals surface area contributed by atoms with E-state index in [2.05, 4.69) is 51.6 Å². The molecule has 0 unspecified atom stereocenters. The summed E-state index contributed by atoms with van der Waals surface area (Å²) in [5.74, 6) is 1.37. The van der Waals surface area contributed by atoms with Gasteiger partial charge in [-0.15, -0.1) is 0 Å². The highest BCUT2D eigenvalue weighted by atomic mass is 79.9. The summed E-state index contributed by atoms with van der Waals surface area (Å²) in [6, 6.07) is 26.1. The number of ether oxygens (including phenoxy) is 2. The third-order valence-electron chi connectivity index (χ3n) is 4.96. The van der Waals surface area contributed by atoms with Crippen LogP contribution in [-0.4, -0.2) is 7.11 Å². The zero-order valence-electron chi connectivity index (χ0n) is 16.5. The summed E-state index contributed by atoms with van der Waals surface area (Å²) in [5, 5.41) is 6.61. The minimum Gasteiger partial charge on any atom is -0.493 e. The second-order valence-corrected chi connectivity index (χ2v) is 8.08. The number of halogens is 2. The van der Waals surface area contributed by atoms with E-state index >= 15 is 0 Å². The van der Waals surface area contributed by atoms with E-state index in [1.54, 1.807) is 7.11 Å². The standard InChI is InChI=1S/C25H21BrClNO2/c1-29-24-14-13-21(26)20(25(24)30-16-18-8-3-5-11-22(18)27)15-28-23-12-6-9-17-7-2-4-10-19(17)23/h2-14,28H,15-16H2,1H3. The molecule has 4 aromatic rings. The fraction of sp³-hybridized carbons (Fsp3) is 0.120. The maximum absolute atomic E-state index is 6.30. The van der Waals surface area contributed by atoms with Crippen LogP contribution in [0.1, 0.15) is 11.1 Å². The van der Waals surface area contributed by atoms with Crippen LogP contribution in [0.15, 0.2) is 83.3 Å². The molecule has 0 aromatic heterocycles. The van der Waals surface area contributed by atoms with Gasteiger partial charge in [-0.2, -0.15) is 0 Å². The van der Waals surface area contributed by atoms with E-state index in [9.17, 15) is 0 Å². The SMILES string of the molecule is COc1ccc(Br)c(CNc2cccc3ccccc23)c1OCc1ccccc1Cl. The molecule has 0 radical (unpaired) electrons. The Labute approximate surface area is 189 Å². The molecule has 0 aliphatic rings. The molecule has 0 spiro atoms. The summed E-state index contributed by atoms with van der Waals surface area (Å²) < 4.78 is 12.7. The Hall–Kier alpha value is -2.69. The lowest BCUT2D eigenvalue weighted by Gasteiger charge is -2.18. The van der Waals surface area contributed by atoms with E-state index < -0.39 is 0 Å². The molecule has 0 amide bonds. The van der Waals surface area contributed by atoms with Crippen molar-refractivity contribution in [3.05, 3.63) is 99.5 Å². The molecule has 0 aliphatic carbocycles. The normalized spacial score (nSPS) is 10.8. The molecule has 4 aromatic carbocycles. The second-order valence-electron chi connectivity index (χ2n) is 6.82. The lowest BCUT2D eigenvalue weighted by Crippen LogP contribution is -2.06. The lowest BCUT2D eigenvalue weighted by molar-refractivity contribution is 0.281. The van der Waals surface area contributed by atoms with Gasteiger partial charge in [0.25, 0.3) is 0 Å². The van der Waals surface area contributed by atoms with E-state index in [1.165, 1.54) is 10.8 Å². The van der Waals surface area contributed by atoms with Crippen LogP contribution in [0.3, 0.4) is 0 Å². The van der Waals surface area contributed by atoms with Gasteiger partial charge in [0.15, 0.2) is 11.5 Å². The Morgan fingerprint density at radius 1 is 0.900 bits per heavy atom. The predicted octanol–water partition coefficient (Wildman–Crippen LogP) is 7.46. The fourth-order valence-electron chi connectivity index (χ4n) is 3.39. The summed E-state index contributed by atoms with van der Waals surface area (Å²) in [7, 11) is 1.65. The molecule has 1 N–H and O–H groups in total. The Kier molecular flexibility index (Phi) is 6.46. The topological polar surface area (TPSA) is 30.5 Å². The molecule has 0 fully saturated rings. The summed E-state index contributed by atoms with van der Waals surface area (Å²) in [5.41, 5.74) is 2.98. The van der Waals surface area contributed by atoms with Crippen molar-refractivity contribution in [2.24, 2.45) is 0 Å². The molecule has 4 rings (SSSR count). The molecule has 0 heterocycles. The number of fused-ring (bicyclic) bond motifs is 1. The molecule has 3 nitrogen and oxygen atoms in total. The van der Waals surface area contributed by atoms with Gasteiger partial charge in [-0.25, -0.2) is 0 Å². The van der Waals surface area contributed by atoms with Gasteiger partial charge in [0, 0.05) is 38.2 Å².